The van der Waals surface area contributed by atoms with Crippen molar-refractivity contribution in [3.05, 3.63) is 18.0 Å². The number of ether oxygens (including phenoxy) is 2. The second-order valence-electron chi connectivity index (χ2n) is 7.64. The number of carbonyl (C=O) groups excluding carboxylic acids is 1. The number of morpholine rings is 1. The molecule has 7 nitrogen and oxygen atoms in total. The normalized spacial score (nSPS) is 30.4. The zero-order chi connectivity index (χ0) is 17.2. The molecule has 4 heterocycles. The summed E-state index contributed by atoms with van der Waals surface area (Å²) in [6.45, 7) is 7.39. The van der Waals surface area contributed by atoms with Crippen LogP contribution in [0.4, 0.5) is 0 Å². The average molecular weight is 348 g/mol. The number of amides is 1. The van der Waals surface area contributed by atoms with Gasteiger partial charge in [0.15, 0.2) is 0 Å². The van der Waals surface area contributed by atoms with Gasteiger partial charge in [-0.25, -0.2) is 0 Å². The molecule has 25 heavy (non-hydrogen) atoms. The lowest BCUT2D eigenvalue weighted by atomic mass is 9.81. The Bertz CT molecular complexity index is 599. The van der Waals surface area contributed by atoms with Gasteiger partial charge >= 0.3 is 0 Å². The number of likely N-dealkylation sites (tertiary alicyclic amines) is 1. The number of aromatic nitrogens is 2. The second-order valence-corrected chi connectivity index (χ2v) is 7.64. The van der Waals surface area contributed by atoms with Crippen LogP contribution in [0, 0.1) is 17.8 Å². The Morgan fingerprint density at radius 3 is 2.84 bits per heavy atom. The molecule has 3 atom stereocenters. The van der Waals surface area contributed by atoms with E-state index in [1.54, 1.807) is 0 Å². The molecule has 1 aromatic heterocycles. The van der Waals surface area contributed by atoms with E-state index in [0.717, 1.165) is 45.9 Å². The first-order valence-electron chi connectivity index (χ1n) is 9.32. The minimum absolute atomic E-state index is 0.267. The van der Waals surface area contributed by atoms with Crippen molar-refractivity contribution in [1.82, 2.24) is 19.6 Å². The molecule has 4 rings (SSSR count). The fraction of sp³-hybridized carbons (Fsp3) is 0.778. The Morgan fingerprint density at radius 1 is 1.24 bits per heavy atom. The van der Waals surface area contributed by atoms with Gasteiger partial charge in [0.05, 0.1) is 32.6 Å². The number of aryl methyl sites for hydroxylation is 1. The topological polar surface area (TPSA) is 59.8 Å². The van der Waals surface area contributed by atoms with Crippen molar-refractivity contribution in [3.8, 4) is 0 Å². The fourth-order valence-corrected chi connectivity index (χ4v) is 4.51. The van der Waals surface area contributed by atoms with Gasteiger partial charge in [0, 0.05) is 58.0 Å². The van der Waals surface area contributed by atoms with Gasteiger partial charge in [-0.05, 0) is 17.8 Å². The minimum Gasteiger partial charge on any atom is -0.381 e. The van der Waals surface area contributed by atoms with Crippen molar-refractivity contribution in [1.29, 1.82) is 0 Å². The van der Waals surface area contributed by atoms with E-state index in [1.165, 1.54) is 5.56 Å². The molecule has 3 aliphatic rings. The van der Waals surface area contributed by atoms with Crippen LogP contribution in [0.2, 0.25) is 0 Å². The summed E-state index contributed by atoms with van der Waals surface area (Å²) in [5.74, 6) is 1.72. The molecular weight excluding hydrogens is 320 g/mol. The van der Waals surface area contributed by atoms with Gasteiger partial charge in [0.2, 0.25) is 5.91 Å². The Kier molecular flexibility index (Phi) is 5.05. The summed E-state index contributed by atoms with van der Waals surface area (Å²) < 4.78 is 13.1. The molecule has 0 aliphatic carbocycles. The maximum absolute atomic E-state index is 12.6. The number of rotatable bonds is 4. The van der Waals surface area contributed by atoms with Crippen LogP contribution < -0.4 is 0 Å². The van der Waals surface area contributed by atoms with Gasteiger partial charge in [0.25, 0.3) is 0 Å². The summed E-state index contributed by atoms with van der Waals surface area (Å²) in [6.07, 6.45) is 4.64. The first-order valence-corrected chi connectivity index (χ1v) is 9.32. The minimum atomic E-state index is 0.267. The molecule has 0 spiro atoms. The third-order valence-corrected chi connectivity index (χ3v) is 5.80. The highest BCUT2D eigenvalue weighted by atomic mass is 16.5. The number of fused-ring (bicyclic) bond motifs is 1. The Balaban J connectivity index is 1.35. The molecule has 3 saturated heterocycles. The number of nitrogens with zero attached hydrogens (tertiary/aromatic N) is 4. The summed E-state index contributed by atoms with van der Waals surface area (Å²) in [7, 11) is 1.95. The van der Waals surface area contributed by atoms with Crippen molar-refractivity contribution in [2.75, 3.05) is 52.6 Å². The maximum atomic E-state index is 12.6. The molecule has 0 bridgehead atoms. The number of carbonyl (C=O) groups is 1. The van der Waals surface area contributed by atoms with Crippen LogP contribution in [-0.2, 0) is 27.9 Å². The molecule has 0 radical (unpaired) electrons. The largest absolute Gasteiger partial charge is 0.381 e. The SMILES string of the molecule is Cn1cc(CN2C[C@H]3COC[C@H](CC(=O)N4CCOCC4)[C@H]3C2)cn1. The summed E-state index contributed by atoms with van der Waals surface area (Å²) in [5.41, 5.74) is 1.25. The van der Waals surface area contributed by atoms with Crippen molar-refractivity contribution in [2.24, 2.45) is 24.8 Å². The second kappa shape index (κ2) is 7.43. The van der Waals surface area contributed by atoms with Gasteiger partial charge < -0.3 is 14.4 Å². The highest BCUT2D eigenvalue weighted by Gasteiger charge is 2.42. The fourth-order valence-electron chi connectivity index (χ4n) is 4.51. The van der Waals surface area contributed by atoms with Crippen molar-refractivity contribution < 1.29 is 14.3 Å². The van der Waals surface area contributed by atoms with Crippen molar-refractivity contribution in [2.45, 2.75) is 13.0 Å². The smallest absolute Gasteiger partial charge is 0.223 e. The summed E-state index contributed by atoms with van der Waals surface area (Å²) in [6, 6.07) is 0. The predicted octanol–water partition coefficient (Wildman–Crippen LogP) is 0.363. The van der Waals surface area contributed by atoms with Crippen LogP contribution in [0.1, 0.15) is 12.0 Å². The molecule has 1 aromatic rings. The lowest BCUT2D eigenvalue weighted by Gasteiger charge is -2.35. The van der Waals surface area contributed by atoms with E-state index in [2.05, 4.69) is 16.2 Å². The van der Waals surface area contributed by atoms with E-state index in [1.807, 2.05) is 22.8 Å². The van der Waals surface area contributed by atoms with Crippen LogP contribution in [-0.4, -0.2) is 78.1 Å². The summed E-state index contributed by atoms with van der Waals surface area (Å²) in [4.78, 5) is 17.1. The van der Waals surface area contributed by atoms with Crippen LogP contribution >= 0.6 is 0 Å². The van der Waals surface area contributed by atoms with Crippen LogP contribution in [0.5, 0.6) is 0 Å². The molecule has 1 amide bonds. The molecule has 0 aromatic carbocycles. The summed E-state index contributed by atoms with van der Waals surface area (Å²) >= 11 is 0. The van der Waals surface area contributed by atoms with Gasteiger partial charge in [-0.3, -0.25) is 14.4 Å². The van der Waals surface area contributed by atoms with Gasteiger partial charge in [-0.1, -0.05) is 0 Å². The Hall–Kier alpha value is -1.44. The lowest BCUT2D eigenvalue weighted by Crippen LogP contribution is -2.44. The third kappa shape index (κ3) is 3.88. The highest BCUT2D eigenvalue weighted by Crippen LogP contribution is 2.36. The monoisotopic (exact) mass is 348 g/mol. The van der Waals surface area contributed by atoms with Crippen LogP contribution in [0.15, 0.2) is 12.4 Å². The molecule has 3 aliphatic heterocycles. The first-order chi connectivity index (χ1) is 12.2. The molecule has 3 fully saturated rings. The van der Waals surface area contributed by atoms with E-state index in [0.29, 0.717) is 37.4 Å². The molecule has 0 unspecified atom stereocenters. The van der Waals surface area contributed by atoms with E-state index in [-0.39, 0.29) is 5.91 Å². The standard InChI is InChI=1S/C18H28N4O3/c1-20-8-14(7-19-20)9-21-10-16-13-25-12-15(17(16)11-21)6-18(23)22-2-4-24-5-3-22/h7-8,15-17H,2-6,9-13H2,1H3/t15-,16-,17+/m0/s1. The average Bonchev–Trinajstić information content (AvgIpc) is 3.22. The van der Waals surface area contributed by atoms with Gasteiger partial charge in [-0.2, -0.15) is 5.10 Å². The third-order valence-electron chi connectivity index (χ3n) is 5.80. The molecule has 0 saturated carbocycles. The van der Waals surface area contributed by atoms with Gasteiger partial charge in [-0.15, -0.1) is 0 Å². The lowest BCUT2D eigenvalue weighted by molar-refractivity contribution is -0.138. The summed E-state index contributed by atoms with van der Waals surface area (Å²) in [5, 5.41) is 4.26. The maximum Gasteiger partial charge on any atom is 0.223 e. The predicted molar refractivity (Wildman–Crippen MR) is 91.8 cm³/mol. The molecule has 7 heteroatoms. The van der Waals surface area contributed by atoms with E-state index in [9.17, 15) is 4.79 Å². The van der Waals surface area contributed by atoms with E-state index < -0.39 is 0 Å². The molecular formula is C18H28N4O3. The number of hydrogen-bond acceptors (Lipinski definition) is 5. The van der Waals surface area contributed by atoms with E-state index in [4.69, 9.17) is 9.47 Å². The zero-order valence-electron chi connectivity index (χ0n) is 15.0. The van der Waals surface area contributed by atoms with Gasteiger partial charge in [0.1, 0.15) is 0 Å². The first kappa shape index (κ1) is 17.0. The van der Waals surface area contributed by atoms with Crippen molar-refractivity contribution >= 4 is 5.91 Å². The number of hydrogen-bond donors (Lipinski definition) is 0. The highest BCUT2D eigenvalue weighted by molar-refractivity contribution is 5.76. The zero-order valence-corrected chi connectivity index (χ0v) is 15.0. The van der Waals surface area contributed by atoms with Crippen LogP contribution in [0.25, 0.3) is 0 Å². The van der Waals surface area contributed by atoms with Crippen LogP contribution in [0.3, 0.4) is 0 Å². The quantitative estimate of drug-likeness (QED) is 0.787. The Labute approximate surface area is 148 Å². The van der Waals surface area contributed by atoms with E-state index >= 15 is 0 Å². The van der Waals surface area contributed by atoms with Crippen molar-refractivity contribution in [3.63, 3.8) is 0 Å². The Morgan fingerprint density at radius 2 is 2.08 bits per heavy atom. The molecule has 0 N–H and O–H groups in total. The molecule has 138 valence electrons.